The number of hydrogen-bond donors (Lipinski definition) is 1. The van der Waals surface area contributed by atoms with E-state index in [9.17, 15) is 0 Å². The van der Waals surface area contributed by atoms with Crippen molar-refractivity contribution in [3.05, 3.63) is 59.2 Å². The molecule has 0 aromatic heterocycles. The van der Waals surface area contributed by atoms with E-state index in [1.807, 2.05) is 31.2 Å². The third-order valence-corrected chi connectivity index (χ3v) is 3.45. The molecule has 106 valence electrons. The van der Waals surface area contributed by atoms with Crippen LogP contribution >= 0.6 is 0 Å². The van der Waals surface area contributed by atoms with Gasteiger partial charge in [-0.2, -0.15) is 0 Å². The van der Waals surface area contributed by atoms with E-state index in [0.717, 1.165) is 29.0 Å². The smallest absolute Gasteiger partial charge is 0.130 e. The van der Waals surface area contributed by atoms with Gasteiger partial charge < -0.3 is 10.5 Å². The van der Waals surface area contributed by atoms with Crippen LogP contribution in [0.15, 0.2) is 42.5 Å². The normalized spacial score (nSPS) is 10.6. The Morgan fingerprint density at radius 2 is 1.70 bits per heavy atom. The van der Waals surface area contributed by atoms with Gasteiger partial charge in [0.25, 0.3) is 0 Å². The largest absolute Gasteiger partial charge is 0.457 e. The summed E-state index contributed by atoms with van der Waals surface area (Å²) in [4.78, 5) is 0. The highest BCUT2D eigenvalue weighted by Crippen LogP contribution is 2.26. The second kappa shape index (κ2) is 7.11. The van der Waals surface area contributed by atoms with Crippen molar-refractivity contribution in [2.45, 2.75) is 39.7 Å². The number of nitrogens with two attached hydrogens (primary N) is 1. The van der Waals surface area contributed by atoms with Gasteiger partial charge in [-0.15, -0.1) is 0 Å². The maximum Gasteiger partial charge on any atom is 0.130 e. The molecule has 2 heteroatoms. The van der Waals surface area contributed by atoms with Crippen molar-refractivity contribution in [3.63, 3.8) is 0 Å². The molecule has 0 saturated heterocycles. The molecule has 20 heavy (non-hydrogen) atoms. The van der Waals surface area contributed by atoms with E-state index < -0.39 is 0 Å². The Morgan fingerprint density at radius 3 is 2.30 bits per heavy atom. The first-order valence-corrected chi connectivity index (χ1v) is 7.29. The molecule has 0 amide bonds. The Hall–Kier alpha value is -1.80. The van der Waals surface area contributed by atoms with Crippen LogP contribution in [0.4, 0.5) is 0 Å². The number of benzene rings is 2. The maximum absolute atomic E-state index is 5.93. The van der Waals surface area contributed by atoms with Gasteiger partial charge >= 0.3 is 0 Å². The minimum atomic E-state index is 0.563. The molecule has 0 aliphatic rings. The SMILES string of the molecule is CCCCc1ccc(Oc2ccc(CN)cc2C)cc1. The van der Waals surface area contributed by atoms with Crippen LogP contribution in [0, 0.1) is 6.92 Å². The van der Waals surface area contributed by atoms with Gasteiger partial charge in [-0.05, 0) is 54.7 Å². The predicted octanol–water partition coefficient (Wildman–Crippen LogP) is 4.59. The van der Waals surface area contributed by atoms with E-state index in [0.29, 0.717) is 6.54 Å². The van der Waals surface area contributed by atoms with Crippen LogP contribution in [-0.4, -0.2) is 0 Å². The fourth-order valence-corrected chi connectivity index (χ4v) is 2.19. The molecule has 0 heterocycles. The van der Waals surface area contributed by atoms with Gasteiger partial charge in [-0.25, -0.2) is 0 Å². The summed E-state index contributed by atoms with van der Waals surface area (Å²) in [7, 11) is 0. The monoisotopic (exact) mass is 269 g/mol. The highest BCUT2D eigenvalue weighted by Gasteiger charge is 2.03. The molecule has 0 fully saturated rings. The fraction of sp³-hybridized carbons (Fsp3) is 0.333. The zero-order valence-electron chi connectivity index (χ0n) is 12.4. The Labute approximate surface area is 121 Å². The van der Waals surface area contributed by atoms with Gasteiger partial charge in [0.15, 0.2) is 0 Å². The van der Waals surface area contributed by atoms with E-state index in [1.54, 1.807) is 0 Å². The van der Waals surface area contributed by atoms with Gasteiger partial charge in [-0.1, -0.05) is 37.6 Å². The molecular weight excluding hydrogens is 246 g/mol. The Morgan fingerprint density at radius 1 is 1.00 bits per heavy atom. The van der Waals surface area contributed by atoms with E-state index in [-0.39, 0.29) is 0 Å². The quantitative estimate of drug-likeness (QED) is 0.832. The molecule has 0 aliphatic carbocycles. The number of ether oxygens (including phenoxy) is 1. The van der Waals surface area contributed by atoms with Gasteiger partial charge in [0, 0.05) is 6.54 Å². The van der Waals surface area contributed by atoms with Crippen molar-refractivity contribution in [1.82, 2.24) is 0 Å². The fourth-order valence-electron chi connectivity index (χ4n) is 2.19. The molecule has 0 aliphatic heterocycles. The summed E-state index contributed by atoms with van der Waals surface area (Å²) >= 11 is 0. The summed E-state index contributed by atoms with van der Waals surface area (Å²) in [6, 6.07) is 14.5. The summed E-state index contributed by atoms with van der Waals surface area (Å²) in [5.74, 6) is 1.78. The average Bonchev–Trinajstić information content (AvgIpc) is 2.48. The van der Waals surface area contributed by atoms with Crippen LogP contribution in [0.2, 0.25) is 0 Å². The molecular formula is C18H23NO. The highest BCUT2D eigenvalue weighted by molar-refractivity contribution is 5.40. The second-order valence-corrected chi connectivity index (χ2v) is 5.15. The predicted molar refractivity (Wildman–Crippen MR) is 84.2 cm³/mol. The van der Waals surface area contributed by atoms with E-state index in [4.69, 9.17) is 10.5 Å². The number of aryl methyl sites for hydroxylation is 2. The Kier molecular flexibility index (Phi) is 5.19. The van der Waals surface area contributed by atoms with Crippen LogP contribution in [-0.2, 0) is 13.0 Å². The number of hydrogen-bond acceptors (Lipinski definition) is 2. The third kappa shape index (κ3) is 3.84. The van der Waals surface area contributed by atoms with E-state index in [2.05, 4.69) is 25.1 Å². The van der Waals surface area contributed by atoms with Crippen molar-refractivity contribution in [2.75, 3.05) is 0 Å². The summed E-state index contributed by atoms with van der Waals surface area (Å²) < 4.78 is 5.93. The Balaban J connectivity index is 2.06. The van der Waals surface area contributed by atoms with Crippen molar-refractivity contribution >= 4 is 0 Å². The van der Waals surface area contributed by atoms with Gasteiger partial charge in [0.1, 0.15) is 11.5 Å². The van der Waals surface area contributed by atoms with Gasteiger partial charge in [-0.3, -0.25) is 0 Å². The lowest BCUT2D eigenvalue weighted by Gasteiger charge is -2.10. The molecule has 0 atom stereocenters. The summed E-state index contributed by atoms with van der Waals surface area (Å²) in [6.45, 7) is 4.82. The number of unbranched alkanes of at least 4 members (excludes halogenated alkanes) is 1. The van der Waals surface area contributed by atoms with Crippen molar-refractivity contribution in [1.29, 1.82) is 0 Å². The maximum atomic E-state index is 5.93. The van der Waals surface area contributed by atoms with Crippen molar-refractivity contribution in [2.24, 2.45) is 5.73 Å². The topological polar surface area (TPSA) is 35.2 Å². The lowest BCUT2D eigenvalue weighted by atomic mass is 10.1. The van der Waals surface area contributed by atoms with Crippen LogP contribution in [0.3, 0.4) is 0 Å². The third-order valence-electron chi connectivity index (χ3n) is 3.45. The molecule has 2 aromatic carbocycles. The molecule has 0 saturated carbocycles. The first kappa shape index (κ1) is 14.6. The van der Waals surface area contributed by atoms with Gasteiger partial charge in [0.2, 0.25) is 0 Å². The van der Waals surface area contributed by atoms with Gasteiger partial charge in [0.05, 0.1) is 0 Å². The summed E-state index contributed by atoms with van der Waals surface area (Å²) in [5, 5.41) is 0. The first-order valence-electron chi connectivity index (χ1n) is 7.29. The van der Waals surface area contributed by atoms with Crippen LogP contribution < -0.4 is 10.5 Å². The van der Waals surface area contributed by atoms with Crippen LogP contribution in [0.1, 0.15) is 36.5 Å². The minimum Gasteiger partial charge on any atom is -0.457 e. The van der Waals surface area contributed by atoms with E-state index in [1.165, 1.54) is 18.4 Å². The second-order valence-electron chi connectivity index (χ2n) is 5.15. The number of rotatable bonds is 6. The van der Waals surface area contributed by atoms with Crippen LogP contribution in [0.5, 0.6) is 11.5 Å². The molecule has 2 rings (SSSR count). The zero-order valence-corrected chi connectivity index (χ0v) is 12.4. The van der Waals surface area contributed by atoms with E-state index >= 15 is 0 Å². The minimum absolute atomic E-state index is 0.563. The lowest BCUT2D eigenvalue weighted by molar-refractivity contribution is 0.478. The zero-order chi connectivity index (χ0) is 14.4. The summed E-state index contributed by atoms with van der Waals surface area (Å²) in [6.07, 6.45) is 3.60. The lowest BCUT2D eigenvalue weighted by Crippen LogP contribution is -1.97. The molecule has 2 nitrogen and oxygen atoms in total. The molecule has 0 radical (unpaired) electrons. The Bertz CT molecular complexity index is 546. The van der Waals surface area contributed by atoms with Crippen LogP contribution in [0.25, 0.3) is 0 Å². The molecule has 0 bridgehead atoms. The summed E-state index contributed by atoms with van der Waals surface area (Å²) in [5.41, 5.74) is 9.25. The average molecular weight is 269 g/mol. The molecule has 0 unspecified atom stereocenters. The standard InChI is InChI=1S/C18H23NO/c1-3-4-5-15-6-9-17(10-7-15)20-18-11-8-16(13-19)12-14(18)2/h6-12H,3-5,13,19H2,1-2H3. The molecule has 0 spiro atoms. The molecule has 2 N–H and O–H groups in total. The van der Waals surface area contributed by atoms with Crippen molar-refractivity contribution in [3.8, 4) is 11.5 Å². The molecule has 2 aromatic rings. The highest BCUT2D eigenvalue weighted by atomic mass is 16.5. The first-order chi connectivity index (χ1) is 9.72. The van der Waals surface area contributed by atoms with Crippen molar-refractivity contribution < 1.29 is 4.74 Å².